The smallest absolute Gasteiger partial charge is 0.0523 e. The topological polar surface area (TPSA) is 38.0 Å². The number of nitrogens with one attached hydrogen (secondary N) is 1. The summed E-state index contributed by atoms with van der Waals surface area (Å²) in [6.45, 7) is 5.38. The summed E-state index contributed by atoms with van der Waals surface area (Å²) in [6.07, 6.45) is 3.79. The SMILES string of the molecule is CC1CCC(C)C(CN)(Nc2ccccc2)C1. The maximum Gasteiger partial charge on any atom is 0.0523 e. The van der Waals surface area contributed by atoms with E-state index in [0.717, 1.165) is 5.92 Å². The molecule has 1 aliphatic rings. The first-order chi connectivity index (χ1) is 8.16. The van der Waals surface area contributed by atoms with E-state index >= 15 is 0 Å². The van der Waals surface area contributed by atoms with Crippen molar-refractivity contribution in [2.45, 2.75) is 38.6 Å². The molecular weight excluding hydrogens is 208 g/mol. The lowest BCUT2D eigenvalue weighted by Gasteiger charge is -2.45. The fourth-order valence-electron chi connectivity index (χ4n) is 3.05. The van der Waals surface area contributed by atoms with Crippen LogP contribution in [0.1, 0.15) is 33.1 Å². The summed E-state index contributed by atoms with van der Waals surface area (Å²) < 4.78 is 0. The van der Waals surface area contributed by atoms with E-state index in [1.54, 1.807) is 0 Å². The number of benzene rings is 1. The quantitative estimate of drug-likeness (QED) is 0.839. The average molecular weight is 232 g/mol. The average Bonchev–Trinajstić information content (AvgIpc) is 2.35. The van der Waals surface area contributed by atoms with E-state index in [0.29, 0.717) is 12.5 Å². The van der Waals surface area contributed by atoms with Gasteiger partial charge in [-0.25, -0.2) is 0 Å². The molecule has 3 atom stereocenters. The molecule has 0 spiro atoms. The van der Waals surface area contributed by atoms with Crippen LogP contribution in [0.3, 0.4) is 0 Å². The van der Waals surface area contributed by atoms with Gasteiger partial charge in [-0.15, -0.1) is 0 Å². The van der Waals surface area contributed by atoms with Crippen LogP contribution in [-0.4, -0.2) is 12.1 Å². The molecule has 0 amide bonds. The Labute approximate surface area is 105 Å². The first-order valence-corrected chi connectivity index (χ1v) is 6.69. The van der Waals surface area contributed by atoms with Crippen LogP contribution in [-0.2, 0) is 0 Å². The van der Waals surface area contributed by atoms with E-state index in [1.165, 1.54) is 24.9 Å². The van der Waals surface area contributed by atoms with E-state index in [1.807, 2.05) is 6.07 Å². The van der Waals surface area contributed by atoms with Crippen LogP contribution in [0.4, 0.5) is 5.69 Å². The highest BCUT2D eigenvalue weighted by Crippen LogP contribution is 2.38. The molecule has 0 saturated heterocycles. The van der Waals surface area contributed by atoms with Crippen molar-refractivity contribution in [3.05, 3.63) is 30.3 Å². The summed E-state index contributed by atoms with van der Waals surface area (Å²) >= 11 is 0. The van der Waals surface area contributed by atoms with E-state index in [-0.39, 0.29) is 5.54 Å². The monoisotopic (exact) mass is 232 g/mol. The van der Waals surface area contributed by atoms with Crippen molar-refractivity contribution in [2.24, 2.45) is 17.6 Å². The number of nitrogens with two attached hydrogens (primary N) is 1. The van der Waals surface area contributed by atoms with E-state index in [9.17, 15) is 0 Å². The Bertz CT molecular complexity index is 349. The molecule has 0 bridgehead atoms. The Morgan fingerprint density at radius 2 is 1.94 bits per heavy atom. The molecule has 2 nitrogen and oxygen atoms in total. The number of anilines is 1. The zero-order valence-corrected chi connectivity index (χ0v) is 10.9. The van der Waals surface area contributed by atoms with Crippen molar-refractivity contribution in [3.63, 3.8) is 0 Å². The second kappa shape index (κ2) is 5.09. The second-order valence-electron chi connectivity index (χ2n) is 5.64. The highest BCUT2D eigenvalue weighted by atomic mass is 15.0. The zero-order chi connectivity index (χ0) is 12.3. The van der Waals surface area contributed by atoms with Crippen molar-refractivity contribution in [2.75, 3.05) is 11.9 Å². The third-order valence-corrected chi connectivity index (χ3v) is 4.28. The van der Waals surface area contributed by atoms with Gasteiger partial charge in [-0.2, -0.15) is 0 Å². The molecule has 0 aromatic heterocycles. The van der Waals surface area contributed by atoms with Crippen molar-refractivity contribution < 1.29 is 0 Å². The third-order valence-electron chi connectivity index (χ3n) is 4.28. The van der Waals surface area contributed by atoms with Crippen molar-refractivity contribution in [1.29, 1.82) is 0 Å². The van der Waals surface area contributed by atoms with Crippen molar-refractivity contribution >= 4 is 5.69 Å². The van der Waals surface area contributed by atoms with Crippen LogP contribution in [0.5, 0.6) is 0 Å². The highest BCUT2D eigenvalue weighted by Gasteiger charge is 2.39. The molecule has 1 saturated carbocycles. The van der Waals surface area contributed by atoms with Gasteiger partial charge >= 0.3 is 0 Å². The molecule has 1 aliphatic carbocycles. The molecule has 0 radical (unpaired) electrons. The van der Waals surface area contributed by atoms with E-state index in [4.69, 9.17) is 5.73 Å². The molecule has 3 unspecified atom stereocenters. The van der Waals surface area contributed by atoms with Crippen LogP contribution in [0, 0.1) is 11.8 Å². The number of hydrogen-bond acceptors (Lipinski definition) is 2. The Balaban J connectivity index is 2.18. The second-order valence-corrected chi connectivity index (χ2v) is 5.64. The minimum Gasteiger partial charge on any atom is -0.378 e. The third kappa shape index (κ3) is 2.63. The molecule has 2 rings (SSSR count). The lowest BCUT2D eigenvalue weighted by molar-refractivity contribution is 0.188. The first kappa shape index (κ1) is 12.4. The summed E-state index contributed by atoms with van der Waals surface area (Å²) in [5, 5.41) is 3.70. The van der Waals surface area contributed by atoms with Gasteiger partial charge in [0.25, 0.3) is 0 Å². The van der Waals surface area contributed by atoms with Gasteiger partial charge in [0.1, 0.15) is 0 Å². The summed E-state index contributed by atoms with van der Waals surface area (Å²) in [7, 11) is 0. The molecule has 94 valence electrons. The fraction of sp³-hybridized carbons (Fsp3) is 0.600. The Hall–Kier alpha value is -1.02. The van der Waals surface area contributed by atoms with E-state index < -0.39 is 0 Å². The molecule has 0 aliphatic heterocycles. The van der Waals surface area contributed by atoms with Crippen LogP contribution >= 0.6 is 0 Å². The number of rotatable bonds is 3. The largest absolute Gasteiger partial charge is 0.378 e. The summed E-state index contributed by atoms with van der Waals surface area (Å²) in [4.78, 5) is 0. The minimum absolute atomic E-state index is 0.0824. The van der Waals surface area contributed by atoms with Gasteiger partial charge in [0.2, 0.25) is 0 Å². The van der Waals surface area contributed by atoms with Crippen molar-refractivity contribution in [3.8, 4) is 0 Å². The minimum atomic E-state index is 0.0824. The van der Waals surface area contributed by atoms with Gasteiger partial charge in [0, 0.05) is 12.2 Å². The lowest BCUT2D eigenvalue weighted by Crippen LogP contribution is -2.54. The maximum absolute atomic E-state index is 6.08. The van der Waals surface area contributed by atoms with Crippen LogP contribution < -0.4 is 11.1 Å². The zero-order valence-electron chi connectivity index (χ0n) is 10.9. The normalized spacial score (nSPS) is 33.4. The maximum atomic E-state index is 6.08. The fourth-order valence-corrected chi connectivity index (χ4v) is 3.05. The van der Waals surface area contributed by atoms with Gasteiger partial charge < -0.3 is 11.1 Å². The van der Waals surface area contributed by atoms with Crippen molar-refractivity contribution in [1.82, 2.24) is 0 Å². The van der Waals surface area contributed by atoms with Crippen LogP contribution in [0.25, 0.3) is 0 Å². The molecular formula is C15H24N2. The predicted octanol–water partition coefficient (Wildman–Crippen LogP) is 3.25. The summed E-state index contributed by atoms with van der Waals surface area (Å²) in [5.74, 6) is 1.41. The summed E-state index contributed by atoms with van der Waals surface area (Å²) in [5.41, 5.74) is 7.35. The van der Waals surface area contributed by atoms with Crippen LogP contribution in [0.2, 0.25) is 0 Å². The standard InChI is InChI=1S/C15H24N2/c1-12-8-9-13(2)15(10-12,11-16)17-14-6-4-3-5-7-14/h3-7,12-13,17H,8-11,16H2,1-2H3. The number of para-hydroxylation sites is 1. The number of hydrogen-bond donors (Lipinski definition) is 2. The van der Waals surface area contributed by atoms with Gasteiger partial charge in [0.05, 0.1) is 5.54 Å². The molecule has 3 N–H and O–H groups in total. The molecule has 17 heavy (non-hydrogen) atoms. The Morgan fingerprint density at radius 3 is 2.59 bits per heavy atom. The van der Waals surface area contributed by atoms with Gasteiger partial charge in [0.15, 0.2) is 0 Å². The van der Waals surface area contributed by atoms with Gasteiger partial charge in [-0.05, 0) is 36.8 Å². The summed E-state index contributed by atoms with van der Waals surface area (Å²) in [6, 6.07) is 10.5. The predicted molar refractivity (Wildman–Crippen MR) is 74.0 cm³/mol. The molecule has 1 aromatic rings. The molecule has 1 aromatic carbocycles. The van der Waals surface area contributed by atoms with E-state index in [2.05, 4.69) is 43.4 Å². The molecule has 0 heterocycles. The highest BCUT2D eigenvalue weighted by molar-refractivity contribution is 5.45. The Kier molecular flexibility index (Phi) is 3.72. The van der Waals surface area contributed by atoms with Crippen LogP contribution in [0.15, 0.2) is 30.3 Å². The molecule has 1 fully saturated rings. The van der Waals surface area contributed by atoms with Gasteiger partial charge in [-0.3, -0.25) is 0 Å². The Morgan fingerprint density at radius 1 is 1.24 bits per heavy atom. The van der Waals surface area contributed by atoms with Gasteiger partial charge in [-0.1, -0.05) is 38.5 Å². The molecule has 2 heteroatoms. The first-order valence-electron chi connectivity index (χ1n) is 6.69. The lowest BCUT2D eigenvalue weighted by atomic mass is 9.69.